The third-order valence-corrected chi connectivity index (χ3v) is 1.88. The van der Waals surface area contributed by atoms with E-state index in [-0.39, 0.29) is 12.5 Å². The molecular formula is C10H18N2O3. The van der Waals surface area contributed by atoms with Crippen molar-refractivity contribution in [3.05, 3.63) is 0 Å². The molecule has 0 aromatic carbocycles. The molecule has 0 aliphatic heterocycles. The second-order valence-electron chi connectivity index (χ2n) is 4.19. The molecule has 2 amide bonds. The first-order valence-electron chi connectivity index (χ1n) is 5.28. The molecule has 0 aromatic rings. The SMILES string of the molecule is CC(C)COC(=O)NCC(=O)NC1CC1. The number of hydrogen-bond acceptors (Lipinski definition) is 3. The van der Waals surface area contributed by atoms with Crippen LogP contribution in [0, 0.1) is 5.92 Å². The smallest absolute Gasteiger partial charge is 0.407 e. The van der Waals surface area contributed by atoms with E-state index in [4.69, 9.17) is 4.74 Å². The van der Waals surface area contributed by atoms with Crippen LogP contribution in [0.25, 0.3) is 0 Å². The topological polar surface area (TPSA) is 67.4 Å². The first-order valence-corrected chi connectivity index (χ1v) is 5.28. The Hall–Kier alpha value is -1.26. The highest BCUT2D eigenvalue weighted by atomic mass is 16.5. The summed E-state index contributed by atoms with van der Waals surface area (Å²) in [6.07, 6.45) is 1.56. The maximum atomic E-state index is 11.2. The Kier molecular flexibility index (Phi) is 4.39. The van der Waals surface area contributed by atoms with Crippen molar-refractivity contribution < 1.29 is 14.3 Å². The molecule has 0 radical (unpaired) electrons. The number of alkyl carbamates (subject to hydrolysis) is 1. The van der Waals surface area contributed by atoms with Crippen LogP contribution in [0.2, 0.25) is 0 Å². The van der Waals surface area contributed by atoms with Crippen molar-refractivity contribution in [3.63, 3.8) is 0 Å². The molecule has 1 saturated carbocycles. The summed E-state index contributed by atoms with van der Waals surface area (Å²) in [5.74, 6) is 0.148. The molecule has 1 rings (SSSR count). The van der Waals surface area contributed by atoms with Gasteiger partial charge < -0.3 is 15.4 Å². The van der Waals surface area contributed by atoms with Gasteiger partial charge in [-0.15, -0.1) is 0 Å². The molecular weight excluding hydrogens is 196 g/mol. The Labute approximate surface area is 89.6 Å². The van der Waals surface area contributed by atoms with Gasteiger partial charge in [-0.1, -0.05) is 13.8 Å². The molecule has 0 unspecified atom stereocenters. The molecule has 1 aliphatic carbocycles. The van der Waals surface area contributed by atoms with Gasteiger partial charge in [0.2, 0.25) is 5.91 Å². The van der Waals surface area contributed by atoms with Gasteiger partial charge in [0.05, 0.1) is 6.61 Å². The largest absolute Gasteiger partial charge is 0.449 e. The van der Waals surface area contributed by atoms with Crippen molar-refractivity contribution in [1.29, 1.82) is 0 Å². The zero-order valence-electron chi connectivity index (χ0n) is 9.21. The highest BCUT2D eigenvalue weighted by Crippen LogP contribution is 2.18. The lowest BCUT2D eigenvalue weighted by Gasteiger charge is -2.08. The van der Waals surface area contributed by atoms with Crippen LogP contribution in [0.4, 0.5) is 4.79 Å². The lowest BCUT2D eigenvalue weighted by atomic mass is 10.2. The zero-order valence-corrected chi connectivity index (χ0v) is 9.21. The van der Waals surface area contributed by atoms with Gasteiger partial charge in [-0.05, 0) is 18.8 Å². The second kappa shape index (κ2) is 5.58. The quantitative estimate of drug-likeness (QED) is 0.706. The fraction of sp³-hybridized carbons (Fsp3) is 0.800. The number of carbonyl (C=O) groups is 2. The molecule has 0 bridgehead atoms. The normalized spacial score (nSPS) is 14.9. The number of rotatable bonds is 5. The van der Waals surface area contributed by atoms with E-state index in [1.54, 1.807) is 0 Å². The lowest BCUT2D eigenvalue weighted by Crippen LogP contribution is -2.38. The summed E-state index contributed by atoms with van der Waals surface area (Å²) < 4.78 is 4.84. The van der Waals surface area contributed by atoms with E-state index in [9.17, 15) is 9.59 Å². The molecule has 0 aromatic heterocycles. The summed E-state index contributed by atoms with van der Waals surface area (Å²) in [5, 5.41) is 5.16. The molecule has 0 saturated heterocycles. The first-order chi connectivity index (χ1) is 7.08. The van der Waals surface area contributed by atoms with E-state index in [0.717, 1.165) is 12.8 Å². The number of hydrogen-bond donors (Lipinski definition) is 2. The molecule has 86 valence electrons. The van der Waals surface area contributed by atoms with Gasteiger partial charge >= 0.3 is 6.09 Å². The van der Waals surface area contributed by atoms with E-state index in [2.05, 4.69) is 10.6 Å². The fourth-order valence-electron chi connectivity index (χ4n) is 0.952. The van der Waals surface area contributed by atoms with E-state index < -0.39 is 6.09 Å². The molecule has 0 spiro atoms. The predicted octanol–water partition coefficient (Wildman–Crippen LogP) is 0.647. The predicted molar refractivity (Wildman–Crippen MR) is 55.4 cm³/mol. The Morgan fingerprint density at radius 2 is 2.07 bits per heavy atom. The Morgan fingerprint density at radius 1 is 1.40 bits per heavy atom. The Morgan fingerprint density at radius 3 is 2.60 bits per heavy atom. The monoisotopic (exact) mass is 214 g/mol. The van der Waals surface area contributed by atoms with Crippen molar-refractivity contribution in [2.75, 3.05) is 13.2 Å². The van der Waals surface area contributed by atoms with Gasteiger partial charge in [-0.3, -0.25) is 4.79 Å². The van der Waals surface area contributed by atoms with Crippen LogP contribution in [-0.4, -0.2) is 31.2 Å². The van der Waals surface area contributed by atoms with Crippen molar-refractivity contribution in [3.8, 4) is 0 Å². The van der Waals surface area contributed by atoms with Crippen LogP contribution in [0.15, 0.2) is 0 Å². The maximum Gasteiger partial charge on any atom is 0.407 e. The zero-order chi connectivity index (χ0) is 11.3. The highest BCUT2D eigenvalue weighted by molar-refractivity contribution is 5.82. The van der Waals surface area contributed by atoms with Gasteiger partial charge in [0.15, 0.2) is 0 Å². The number of amides is 2. The molecule has 1 aliphatic rings. The molecule has 15 heavy (non-hydrogen) atoms. The molecule has 0 heterocycles. The van der Waals surface area contributed by atoms with Crippen molar-refractivity contribution in [2.24, 2.45) is 5.92 Å². The molecule has 5 nitrogen and oxygen atoms in total. The van der Waals surface area contributed by atoms with E-state index in [0.29, 0.717) is 18.6 Å². The second-order valence-corrected chi connectivity index (χ2v) is 4.19. The van der Waals surface area contributed by atoms with Gasteiger partial charge in [0.1, 0.15) is 6.54 Å². The van der Waals surface area contributed by atoms with Gasteiger partial charge in [-0.2, -0.15) is 0 Å². The highest BCUT2D eigenvalue weighted by Gasteiger charge is 2.23. The van der Waals surface area contributed by atoms with Crippen molar-refractivity contribution >= 4 is 12.0 Å². The van der Waals surface area contributed by atoms with Crippen LogP contribution in [0.3, 0.4) is 0 Å². The van der Waals surface area contributed by atoms with Crippen LogP contribution in [0.1, 0.15) is 26.7 Å². The molecule has 0 atom stereocenters. The average Bonchev–Trinajstić information content (AvgIpc) is 2.95. The minimum absolute atomic E-state index is 0.00652. The number of nitrogens with one attached hydrogen (secondary N) is 2. The molecule has 1 fully saturated rings. The average molecular weight is 214 g/mol. The Bertz CT molecular complexity index is 237. The van der Waals surface area contributed by atoms with Gasteiger partial charge in [-0.25, -0.2) is 4.79 Å². The lowest BCUT2D eigenvalue weighted by molar-refractivity contribution is -0.120. The summed E-state index contributed by atoms with van der Waals surface area (Å²) >= 11 is 0. The van der Waals surface area contributed by atoms with Crippen molar-refractivity contribution in [2.45, 2.75) is 32.7 Å². The standard InChI is InChI=1S/C10H18N2O3/c1-7(2)6-15-10(14)11-5-9(13)12-8-3-4-8/h7-8H,3-6H2,1-2H3,(H,11,14)(H,12,13). The van der Waals surface area contributed by atoms with Crippen LogP contribution in [0.5, 0.6) is 0 Å². The number of ether oxygens (including phenoxy) is 1. The minimum atomic E-state index is -0.533. The third kappa shape index (κ3) is 5.93. The first kappa shape index (κ1) is 11.8. The summed E-state index contributed by atoms with van der Waals surface area (Å²) in [6.45, 7) is 4.27. The van der Waals surface area contributed by atoms with Gasteiger partial charge in [0.25, 0.3) is 0 Å². The molecule has 2 N–H and O–H groups in total. The summed E-state index contributed by atoms with van der Waals surface area (Å²) in [5.41, 5.74) is 0. The van der Waals surface area contributed by atoms with Crippen LogP contribution in [-0.2, 0) is 9.53 Å². The van der Waals surface area contributed by atoms with Crippen LogP contribution < -0.4 is 10.6 Å². The van der Waals surface area contributed by atoms with E-state index in [1.807, 2.05) is 13.8 Å². The van der Waals surface area contributed by atoms with E-state index >= 15 is 0 Å². The number of carbonyl (C=O) groups excluding carboxylic acids is 2. The van der Waals surface area contributed by atoms with Crippen molar-refractivity contribution in [1.82, 2.24) is 10.6 Å². The summed E-state index contributed by atoms with van der Waals surface area (Å²) in [6, 6.07) is 0.325. The summed E-state index contributed by atoms with van der Waals surface area (Å²) in [7, 11) is 0. The minimum Gasteiger partial charge on any atom is -0.449 e. The van der Waals surface area contributed by atoms with Gasteiger partial charge in [0, 0.05) is 6.04 Å². The van der Waals surface area contributed by atoms with E-state index in [1.165, 1.54) is 0 Å². The molecule has 5 heteroatoms. The Balaban J connectivity index is 2.02. The fourth-order valence-corrected chi connectivity index (χ4v) is 0.952. The summed E-state index contributed by atoms with van der Waals surface area (Å²) in [4.78, 5) is 22.2. The van der Waals surface area contributed by atoms with Crippen LogP contribution >= 0.6 is 0 Å². The third-order valence-electron chi connectivity index (χ3n) is 1.88. The maximum absolute atomic E-state index is 11.2.